The van der Waals surface area contributed by atoms with Gasteiger partial charge in [0.2, 0.25) is 0 Å². The number of rotatable bonds is 6. The first-order valence-corrected chi connectivity index (χ1v) is 10.6. The zero-order chi connectivity index (χ0) is 22.9. The van der Waals surface area contributed by atoms with Crippen molar-refractivity contribution < 1.29 is 9.84 Å². The van der Waals surface area contributed by atoms with Crippen LogP contribution >= 0.6 is 0 Å². The standard InChI is InChI=1S/C25H24N6O2/c1-16-10-18(6-7-22(16)32)21-12-31(25-23(21)24(26)28-14-29-25)19-4-3-5-20(11-19)33-13-17(2)30-9-8-27-15-30/h3-12,14-15,17,32H,13H2,1-2H3,(H2,26,28,29). The number of phenolic OH excluding ortho intramolecular Hbond substituents is 1. The Morgan fingerprint density at radius 3 is 2.82 bits per heavy atom. The molecule has 0 spiro atoms. The quantitative estimate of drug-likeness (QED) is 0.402. The maximum Gasteiger partial charge on any atom is 0.150 e. The van der Waals surface area contributed by atoms with E-state index in [2.05, 4.69) is 21.9 Å². The van der Waals surface area contributed by atoms with Gasteiger partial charge in [-0.25, -0.2) is 15.0 Å². The third-order valence-corrected chi connectivity index (χ3v) is 5.74. The predicted octanol–water partition coefficient (Wildman–Crippen LogP) is 4.52. The number of phenols is 1. The molecule has 0 amide bonds. The van der Waals surface area contributed by atoms with Crippen molar-refractivity contribution in [3.8, 4) is 28.3 Å². The summed E-state index contributed by atoms with van der Waals surface area (Å²) < 4.78 is 10.1. The molecule has 0 aliphatic carbocycles. The minimum atomic E-state index is 0.153. The van der Waals surface area contributed by atoms with Crippen LogP contribution in [0.1, 0.15) is 18.5 Å². The highest BCUT2D eigenvalue weighted by molar-refractivity contribution is 6.01. The summed E-state index contributed by atoms with van der Waals surface area (Å²) in [5.74, 6) is 1.41. The van der Waals surface area contributed by atoms with Gasteiger partial charge in [-0.1, -0.05) is 12.1 Å². The Hall–Kier alpha value is -4.33. The molecule has 166 valence electrons. The number of nitrogen functional groups attached to an aromatic ring is 1. The molecule has 0 fully saturated rings. The Bertz CT molecular complexity index is 1420. The van der Waals surface area contributed by atoms with Gasteiger partial charge in [-0.2, -0.15) is 0 Å². The van der Waals surface area contributed by atoms with Crippen molar-refractivity contribution >= 4 is 16.9 Å². The molecule has 1 atom stereocenters. The number of aryl methyl sites for hydroxylation is 1. The largest absolute Gasteiger partial charge is 0.508 e. The van der Waals surface area contributed by atoms with Crippen LogP contribution in [0.25, 0.3) is 27.8 Å². The molecule has 0 aliphatic heterocycles. The van der Waals surface area contributed by atoms with Crippen molar-refractivity contribution in [2.75, 3.05) is 12.3 Å². The zero-order valence-corrected chi connectivity index (χ0v) is 18.4. The lowest BCUT2D eigenvalue weighted by Crippen LogP contribution is -2.12. The van der Waals surface area contributed by atoms with Crippen LogP contribution in [-0.4, -0.2) is 35.8 Å². The highest BCUT2D eigenvalue weighted by Crippen LogP contribution is 2.36. The third-order valence-electron chi connectivity index (χ3n) is 5.74. The molecule has 33 heavy (non-hydrogen) atoms. The number of hydrogen-bond donors (Lipinski definition) is 2. The molecule has 0 bridgehead atoms. The molecule has 3 aromatic heterocycles. The zero-order valence-electron chi connectivity index (χ0n) is 18.4. The summed E-state index contributed by atoms with van der Waals surface area (Å²) in [4.78, 5) is 12.8. The molecule has 3 N–H and O–H groups in total. The molecule has 0 aliphatic rings. The predicted molar refractivity (Wildman–Crippen MR) is 128 cm³/mol. The highest BCUT2D eigenvalue weighted by atomic mass is 16.5. The van der Waals surface area contributed by atoms with Crippen LogP contribution in [-0.2, 0) is 0 Å². The molecule has 1 unspecified atom stereocenters. The number of imidazole rings is 1. The van der Waals surface area contributed by atoms with E-state index in [1.165, 1.54) is 6.33 Å². The van der Waals surface area contributed by atoms with E-state index in [0.29, 0.717) is 18.1 Å². The van der Waals surface area contributed by atoms with E-state index in [1.807, 2.05) is 64.8 Å². The smallest absolute Gasteiger partial charge is 0.150 e. The van der Waals surface area contributed by atoms with Crippen LogP contribution in [0.2, 0.25) is 0 Å². The summed E-state index contributed by atoms with van der Waals surface area (Å²) in [7, 11) is 0. The molecule has 0 saturated carbocycles. The van der Waals surface area contributed by atoms with Gasteiger partial charge in [0.05, 0.1) is 23.4 Å². The fourth-order valence-corrected chi connectivity index (χ4v) is 3.88. The van der Waals surface area contributed by atoms with Crippen LogP contribution in [0, 0.1) is 6.92 Å². The van der Waals surface area contributed by atoms with Crippen LogP contribution < -0.4 is 10.5 Å². The van der Waals surface area contributed by atoms with Gasteiger partial charge in [0.25, 0.3) is 0 Å². The number of ether oxygens (including phenoxy) is 1. The van der Waals surface area contributed by atoms with E-state index < -0.39 is 0 Å². The maximum atomic E-state index is 9.95. The Kier molecular flexibility index (Phi) is 5.18. The average Bonchev–Trinajstić information content (AvgIpc) is 3.49. The highest BCUT2D eigenvalue weighted by Gasteiger charge is 2.17. The van der Waals surface area contributed by atoms with E-state index in [0.717, 1.165) is 33.5 Å². The number of anilines is 1. The molecule has 5 rings (SSSR count). The van der Waals surface area contributed by atoms with Crippen molar-refractivity contribution in [2.24, 2.45) is 0 Å². The van der Waals surface area contributed by atoms with Gasteiger partial charge in [0.15, 0.2) is 5.65 Å². The number of hydrogen-bond acceptors (Lipinski definition) is 6. The maximum absolute atomic E-state index is 9.95. The number of aromatic nitrogens is 5. The van der Waals surface area contributed by atoms with E-state index >= 15 is 0 Å². The van der Waals surface area contributed by atoms with Gasteiger partial charge >= 0.3 is 0 Å². The van der Waals surface area contributed by atoms with E-state index in [4.69, 9.17) is 10.5 Å². The van der Waals surface area contributed by atoms with E-state index in [9.17, 15) is 5.11 Å². The summed E-state index contributed by atoms with van der Waals surface area (Å²) >= 11 is 0. The first-order valence-electron chi connectivity index (χ1n) is 10.6. The number of benzene rings is 2. The van der Waals surface area contributed by atoms with Crippen molar-refractivity contribution in [1.82, 2.24) is 24.1 Å². The lowest BCUT2D eigenvalue weighted by molar-refractivity contribution is 0.260. The van der Waals surface area contributed by atoms with Crippen LogP contribution in [0.15, 0.2) is 73.7 Å². The summed E-state index contributed by atoms with van der Waals surface area (Å²) in [6.07, 6.45) is 8.93. The average molecular weight is 441 g/mol. The second-order valence-electron chi connectivity index (χ2n) is 8.04. The van der Waals surface area contributed by atoms with Gasteiger partial charge in [-0.15, -0.1) is 0 Å². The monoisotopic (exact) mass is 440 g/mol. The summed E-state index contributed by atoms with van der Waals surface area (Å²) in [6.45, 7) is 4.46. The molecule has 8 heteroatoms. The molecular formula is C25H24N6O2. The molecular weight excluding hydrogens is 416 g/mol. The number of nitrogens with two attached hydrogens (primary N) is 1. The Labute approximate surface area is 190 Å². The van der Waals surface area contributed by atoms with Crippen LogP contribution in [0.4, 0.5) is 5.82 Å². The van der Waals surface area contributed by atoms with Crippen molar-refractivity contribution in [1.29, 1.82) is 0 Å². The van der Waals surface area contributed by atoms with Gasteiger partial charge < -0.3 is 24.7 Å². The van der Waals surface area contributed by atoms with Crippen molar-refractivity contribution in [3.05, 3.63) is 79.3 Å². The van der Waals surface area contributed by atoms with Crippen LogP contribution in [0.3, 0.4) is 0 Å². The molecule has 2 aromatic carbocycles. The fraction of sp³-hybridized carbons (Fsp3) is 0.160. The minimum Gasteiger partial charge on any atom is -0.508 e. The molecule has 0 saturated heterocycles. The molecule has 3 heterocycles. The first kappa shape index (κ1) is 20.6. The first-order chi connectivity index (χ1) is 16.0. The number of fused-ring (bicyclic) bond motifs is 1. The molecule has 5 aromatic rings. The normalized spacial score (nSPS) is 12.2. The van der Waals surface area contributed by atoms with Gasteiger partial charge in [0.1, 0.15) is 30.3 Å². The van der Waals surface area contributed by atoms with E-state index in [-0.39, 0.29) is 11.8 Å². The minimum absolute atomic E-state index is 0.153. The third kappa shape index (κ3) is 3.87. The Balaban J connectivity index is 1.53. The van der Waals surface area contributed by atoms with Gasteiger partial charge in [0, 0.05) is 30.2 Å². The second kappa shape index (κ2) is 8.31. The molecule has 8 nitrogen and oxygen atoms in total. The van der Waals surface area contributed by atoms with Gasteiger partial charge in [-0.3, -0.25) is 0 Å². The molecule has 0 radical (unpaired) electrons. The number of nitrogens with zero attached hydrogens (tertiary/aromatic N) is 5. The second-order valence-corrected chi connectivity index (χ2v) is 8.04. The fourth-order valence-electron chi connectivity index (χ4n) is 3.88. The lowest BCUT2D eigenvalue weighted by Gasteiger charge is -2.15. The summed E-state index contributed by atoms with van der Waals surface area (Å²) in [6, 6.07) is 13.5. The lowest BCUT2D eigenvalue weighted by atomic mass is 10.0. The number of aromatic hydroxyl groups is 1. The van der Waals surface area contributed by atoms with Gasteiger partial charge in [-0.05, 0) is 49.2 Å². The summed E-state index contributed by atoms with van der Waals surface area (Å²) in [5.41, 5.74) is 10.5. The SMILES string of the molecule is Cc1cc(-c2cn(-c3cccc(OCC(C)n4ccnc4)c3)c3ncnc(N)c23)ccc1O. The Morgan fingerprint density at radius 1 is 1.15 bits per heavy atom. The summed E-state index contributed by atoms with van der Waals surface area (Å²) in [5, 5.41) is 10.7. The topological polar surface area (TPSA) is 104 Å². The van der Waals surface area contributed by atoms with Crippen molar-refractivity contribution in [2.45, 2.75) is 19.9 Å². The Morgan fingerprint density at radius 2 is 2.03 bits per heavy atom. The van der Waals surface area contributed by atoms with Crippen molar-refractivity contribution in [3.63, 3.8) is 0 Å². The van der Waals surface area contributed by atoms with E-state index in [1.54, 1.807) is 18.6 Å². The van der Waals surface area contributed by atoms with Crippen LogP contribution in [0.5, 0.6) is 11.5 Å².